The largest absolute Gasteiger partial charge is 0.507 e. The van der Waals surface area contributed by atoms with Gasteiger partial charge in [0.25, 0.3) is 17.4 Å². The molecule has 0 saturated carbocycles. The maximum absolute atomic E-state index is 13.3. The number of Topliss-reactive ketones (excluding diaryl/α,β-unsaturated/α-hetero) is 1. The number of aliphatic hydroxyl groups excluding tert-OH is 1. The highest BCUT2D eigenvalue weighted by Gasteiger charge is 2.47. The highest BCUT2D eigenvalue weighted by molar-refractivity contribution is 6.51. The second-order valence-electron chi connectivity index (χ2n) is 8.22. The number of hydrogen-bond acceptors (Lipinski definition) is 6. The van der Waals surface area contributed by atoms with E-state index in [1.165, 1.54) is 29.2 Å². The predicted octanol–water partition coefficient (Wildman–Crippen LogP) is 5.72. The van der Waals surface area contributed by atoms with Crippen molar-refractivity contribution < 1.29 is 19.6 Å². The number of non-ortho nitro benzene ring substituents is 1. The van der Waals surface area contributed by atoms with Crippen molar-refractivity contribution in [1.29, 1.82) is 0 Å². The number of rotatable bonds is 7. The number of nitrogens with zero attached hydrogens (tertiary/aromatic N) is 3. The summed E-state index contributed by atoms with van der Waals surface area (Å²) in [5.74, 6) is -2.21. The number of anilines is 2. The molecule has 9 heteroatoms. The van der Waals surface area contributed by atoms with Crippen LogP contribution in [0.25, 0.3) is 5.76 Å². The molecule has 1 fully saturated rings. The summed E-state index contributed by atoms with van der Waals surface area (Å²) in [4.78, 5) is 40.7. The number of carbonyl (C=O) groups is 2. The first-order valence-corrected chi connectivity index (χ1v) is 11.8. The highest BCUT2D eigenvalue weighted by atomic mass is 35.5. The summed E-state index contributed by atoms with van der Waals surface area (Å²) in [5.41, 5.74) is 1.62. The molecule has 4 rings (SSSR count). The molecule has 36 heavy (non-hydrogen) atoms. The number of amides is 1. The second-order valence-corrected chi connectivity index (χ2v) is 8.66. The van der Waals surface area contributed by atoms with E-state index in [-0.39, 0.29) is 16.8 Å². The van der Waals surface area contributed by atoms with Gasteiger partial charge in [-0.15, -0.1) is 0 Å². The van der Waals surface area contributed by atoms with Crippen LogP contribution in [0.1, 0.15) is 31.0 Å². The monoisotopic (exact) mass is 505 g/mol. The van der Waals surface area contributed by atoms with Crippen molar-refractivity contribution in [2.24, 2.45) is 0 Å². The third-order valence-electron chi connectivity index (χ3n) is 6.20. The molecular weight excluding hydrogens is 482 g/mol. The Labute approximate surface area is 213 Å². The van der Waals surface area contributed by atoms with E-state index in [0.717, 1.165) is 18.8 Å². The van der Waals surface area contributed by atoms with Crippen LogP contribution in [0.3, 0.4) is 0 Å². The molecule has 3 aromatic carbocycles. The highest BCUT2D eigenvalue weighted by Crippen LogP contribution is 2.43. The molecule has 3 aromatic rings. The molecule has 1 aliphatic heterocycles. The quantitative estimate of drug-likeness (QED) is 0.145. The number of ketones is 1. The van der Waals surface area contributed by atoms with Gasteiger partial charge in [-0.1, -0.05) is 41.9 Å². The van der Waals surface area contributed by atoms with Gasteiger partial charge in [0, 0.05) is 47.2 Å². The van der Waals surface area contributed by atoms with Gasteiger partial charge in [-0.2, -0.15) is 0 Å². The lowest BCUT2D eigenvalue weighted by Crippen LogP contribution is -2.29. The lowest BCUT2D eigenvalue weighted by Gasteiger charge is -2.27. The van der Waals surface area contributed by atoms with Crippen LogP contribution in [-0.2, 0) is 9.59 Å². The fourth-order valence-corrected chi connectivity index (χ4v) is 4.60. The van der Waals surface area contributed by atoms with E-state index in [0.29, 0.717) is 16.3 Å². The molecule has 0 spiro atoms. The summed E-state index contributed by atoms with van der Waals surface area (Å²) < 4.78 is 0. The molecule has 0 aromatic heterocycles. The molecular formula is C27H24ClN3O5. The lowest BCUT2D eigenvalue weighted by molar-refractivity contribution is -0.384. The van der Waals surface area contributed by atoms with Gasteiger partial charge in [-0.3, -0.25) is 24.6 Å². The number of aliphatic hydroxyl groups is 1. The summed E-state index contributed by atoms with van der Waals surface area (Å²) in [6.45, 7) is 5.71. The third-order valence-corrected chi connectivity index (χ3v) is 6.43. The van der Waals surface area contributed by atoms with Crippen molar-refractivity contribution in [2.75, 3.05) is 22.9 Å². The molecule has 1 unspecified atom stereocenters. The van der Waals surface area contributed by atoms with Crippen molar-refractivity contribution in [3.05, 3.63) is 105 Å². The van der Waals surface area contributed by atoms with Crippen LogP contribution in [0.15, 0.2) is 78.4 Å². The van der Waals surface area contributed by atoms with Crippen molar-refractivity contribution in [1.82, 2.24) is 0 Å². The average Bonchev–Trinajstić information content (AvgIpc) is 3.15. The van der Waals surface area contributed by atoms with Gasteiger partial charge in [0.15, 0.2) is 0 Å². The topological polar surface area (TPSA) is 104 Å². The number of halogens is 1. The van der Waals surface area contributed by atoms with Crippen LogP contribution in [0.5, 0.6) is 0 Å². The smallest absolute Gasteiger partial charge is 0.300 e. The summed E-state index contributed by atoms with van der Waals surface area (Å²) in [6.07, 6.45) is 0. The number of benzene rings is 3. The zero-order chi connectivity index (χ0) is 26.0. The van der Waals surface area contributed by atoms with E-state index in [9.17, 15) is 24.8 Å². The number of nitro groups is 1. The van der Waals surface area contributed by atoms with Crippen LogP contribution >= 0.6 is 11.6 Å². The van der Waals surface area contributed by atoms with E-state index in [4.69, 9.17) is 11.6 Å². The van der Waals surface area contributed by atoms with Gasteiger partial charge in [-0.05, 0) is 49.7 Å². The van der Waals surface area contributed by atoms with Gasteiger partial charge < -0.3 is 10.0 Å². The van der Waals surface area contributed by atoms with Crippen molar-refractivity contribution in [3.8, 4) is 0 Å². The van der Waals surface area contributed by atoms with Crippen molar-refractivity contribution in [3.63, 3.8) is 0 Å². The van der Waals surface area contributed by atoms with Crippen LogP contribution in [0, 0.1) is 10.1 Å². The Kier molecular flexibility index (Phi) is 7.07. The number of nitro benzene ring substituents is 1. The normalized spacial score (nSPS) is 16.9. The Hall–Kier alpha value is -4.17. The molecule has 1 amide bonds. The third kappa shape index (κ3) is 4.55. The average molecular weight is 506 g/mol. The first-order chi connectivity index (χ1) is 17.3. The molecule has 184 valence electrons. The Morgan fingerprint density at radius 3 is 2.31 bits per heavy atom. The minimum absolute atomic E-state index is 0.0676. The van der Waals surface area contributed by atoms with E-state index < -0.39 is 28.4 Å². The zero-order valence-corrected chi connectivity index (χ0v) is 20.5. The fourth-order valence-electron chi connectivity index (χ4n) is 4.42. The maximum Gasteiger partial charge on any atom is 0.300 e. The molecule has 1 aliphatic rings. The van der Waals surface area contributed by atoms with Crippen LogP contribution < -0.4 is 9.80 Å². The lowest BCUT2D eigenvalue weighted by atomic mass is 9.94. The summed E-state index contributed by atoms with van der Waals surface area (Å²) in [6, 6.07) is 18.3. The van der Waals surface area contributed by atoms with Crippen molar-refractivity contribution >= 4 is 46.1 Å². The zero-order valence-electron chi connectivity index (χ0n) is 19.7. The van der Waals surface area contributed by atoms with Gasteiger partial charge in [-0.25, -0.2) is 0 Å². The van der Waals surface area contributed by atoms with Crippen LogP contribution in [-0.4, -0.2) is 34.8 Å². The van der Waals surface area contributed by atoms with Gasteiger partial charge in [0.1, 0.15) is 5.76 Å². The molecule has 1 heterocycles. The molecule has 0 aliphatic carbocycles. The maximum atomic E-state index is 13.3. The van der Waals surface area contributed by atoms with Gasteiger partial charge in [0.05, 0.1) is 16.5 Å². The fraction of sp³-hybridized carbons (Fsp3) is 0.185. The first kappa shape index (κ1) is 24.9. The minimum atomic E-state index is -0.964. The molecule has 1 atom stereocenters. The van der Waals surface area contributed by atoms with E-state index in [1.807, 2.05) is 38.1 Å². The van der Waals surface area contributed by atoms with Gasteiger partial charge in [0.2, 0.25) is 0 Å². The number of carbonyl (C=O) groups excluding carboxylic acids is 2. The van der Waals surface area contributed by atoms with E-state index >= 15 is 0 Å². The van der Waals surface area contributed by atoms with Gasteiger partial charge >= 0.3 is 0 Å². The summed E-state index contributed by atoms with van der Waals surface area (Å²) in [5, 5.41) is 22.9. The first-order valence-electron chi connectivity index (χ1n) is 11.4. The van der Waals surface area contributed by atoms with Crippen molar-refractivity contribution in [2.45, 2.75) is 19.9 Å². The Bertz CT molecular complexity index is 1370. The SMILES string of the molecule is CCN(CC)c1ccc(C2/C(=C(/O)c3cccc([N+](=O)[O-])c3)C(=O)C(=O)N2c2cccc(Cl)c2)cc1. The van der Waals surface area contributed by atoms with E-state index in [2.05, 4.69) is 4.90 Å². The molecule has 1 N–H and O–H groups in total. The Balaban J connectivity index is 1.92. The standard InChI is InChI=1S/C27H24ClN3O5/c1-3-29(4-2)20-13-11-17(12-14-20)24-23(25(32)18-7-5-10-22(15-18)31(35)36)26(33)27(34)30(24)21-9-6-8-19(28)16-21/h5-16,24,32H,3-4H2,1-2H3/b25-23-. The predicted molar refractivity (Wildman–Crippen MR) is 139 cm³/mol. The Morgan fingerprint density at radius 2 is 1.69 bits per heavy atom. The molecule has 0 bridgehead atoms. The molecule has 0 radical (unpaired) electrons. The van der Waals surface area contributed by atoms with Crippen LogP contribution in [0.2, 0.25) is 5.02 Å². The van der Waals surface area contributed by atoms with Crippen LogP contribution in [0.4, 0.5) is 17.1 Å². The van der Waals surface area contributed by atoms with E-state index in [1.54, 1.807) is 24.3 Å². The Morgan fingerprint density at radius 1 is 1.03 bits per heavy atom. The molecule has 8 nitrogen and oxygen atoms in total. The summed E-state index contributed by atoms with van der Waals surface area (Å²) >= 11 is 6.18. The second kappa shape index (κ2) is 10.2. The number of hydrogen-bond donors (Lipinski definition) is 1. The summed E-state index contributed by atoms with van der Waals surface area (Å²) in [7, 11) is 0. The molecule has 1 saturated heterocycles. The minimum Gasteiger partial charge on any atom is -0.507 e.